The summed E-state index contributed by atoms with van der Waals surface area (Å²) in [5.41, 5.74) is 2.36. The van der Waals surface area contributed by atoms with Crippen LogP contribution < -0.4 is 4.72 Å². The molecule has 0 saturated heterocycles. The molecule has 0 atom stereocenters. The highest BCUT2D eigenvalue weighted by Crippen LogP contribution is 2.26. The van der Waals surface area contributed by atoms with Crippen LogP contribution in [0.5, 0.6) is 0 Å². The van der Waals surface area contributed by atoms with E-state index in [1.807, 2.05) is 13.8 Å². The fraction of sp³-hybridized carbons (Fsp3) is 0.143. The van der Waals surface area contributed by atoms with E-state index in [2.05, 4.69) is 27.3 Å². The largest absolute Gasteiger partial charge is 0.280 e. The number of halogens is 2. The Morgan fingerprint density at radius 1 is 1.10 bits per heavy atom. The Morgan fingerprint density at radius 3 is 2.25 bits per heavy atom. The molecule has 0 fully saturated rings. The minimum Gasteiger partial charge on any atom is -0.280 e. The number of hydrogen-bond acceptors (Lipinski definition) is 2. The maximum Gasteiger partial charge on any atom is 0.261 e. The zero-order chi connectivity index (χ0) is 14.9. The average molecular weight is 422 g/mol. The number of hydrogen-bond donors (Lipinski definition) is 1. The molecule has 6 heteroatoms. The molecular weight excluding hydrogens is 409 g/mol. The highest BCUT2D eigenvalue weighted by Gasteiger charge is 2.15. The van der Waals surface area contributed by atoms with E-state index in [0.29, 0.717) is 10.7 Å². The molecule has 0 spiro atoms. The van der Waals surface area contributed by atoms with Crippen LogP contribution in [0.25, 0.3) is 0 Å². The molecule has 2 aromatic carbocycles. The Morgan fingerprint density at radius 2 is 1.70 bits per heavy atom. The van der Waals surface area contributed by atoms with Crippen molar-refractivity contribution in [2.24, 2.45) is 0 Å². The van der Waals surface area contributed by atoms with Crippen LogP contribution in [0.4, 0.5) is 5.69 Å². The summed E-state index contributed by atoms with van der Waals surface area (Å²) in [7, 11) is -3.59. The fourth-order valence-corrected chi connectivity index (χ4v) is 3.37. The Balaban J connectivity index is 2.36. The van der Waals surface area contributed by atoms with E-state index >= 15 is 0 Å². The molecule has 3 nitrogen and oxygen atoms in total. The molecule has 0 aliphatic carbocycles. The van der Waals surface area contributed by atoms with Gasteiger partial charge in [-0.15, -0.1) is 0 Å². The molecular formula is C14H13ClINO2S. The normalized spacial score (nSPS) is 11.4. The van der Waals surface area contributed by atoms with E-state index in [4.69, 9.17) is 11.6 Å². The topological polar surface area (TPSA) is 46.2 Å². The molecule has 0 saturated carbocycles. The van der Waals surface area contributed by atoms with Crippen molar-refractivity contribution in [2.75, 3.05) is 4.72 Å². The van der Waals surface area contributed by atoms with Gasteiger partial charge in [0.15, 0.2) is 0 Å². The van der Waals surface area contributed by atoms with Gasteiger partial charge in [-0.25, -0.2) is 8.42 Å². The molecule has 20 heavy (non-hydrogen) atoms. The number of nitrogens with one attached hydrogen (secondary N) is 1. The minimum atomic E-state index is -3.59. The lowest BCUT2D eigenvalue weighted by Crippen LogP contribution is -2.13. The van der Waals surface area contributed by atoms with Crippen molar-refractivity contribution in [1.82, 2.24) is 0 Å². The summed E-state index contributed by atoms with van der Waals surface area (Å²) in [4.78, 5) is 0.229. The number of aryl methyl sites for hydroxylation is 1. The van der Waals surface area contributed by atoms with Gasteiger partial charge in [-0.3, -0.25) is 4.72 Å². The first-order chi connectivity index (χ1) is 9.29. The van der Waals surface area contributed by atoms with Crippen LogP contribution in [0.3, 0.4) is 0 Å². The average Bonchev–Trinajstić information content (AvgIpc) is 2.36. The van der Waals surface area contributed by atoms with Crippen molar-refractivity contribution >= 4 is 49.9 Å². The van der Waals surface area contributed by atoms with Gasteiger partial charge in [0, 0.05) is 8.59 Å². The van der Waals surface area contributed by atoms with Crippen LogP contribution >= 0.6 is 34.2 Å². The second kappa shape index (κ2) is 5.91. The van der Waals surface area contributed by atoms with Crippen LogP contribution in [-0.2, 0) is 10.0 Å². The first-order valence-electron chi connectivity index (χ1n) is 5.85. The molecule has 0 unspecified atom stereocenters. The summed E-state index contributed by atoms with van der Waals surface area (Å²) < 4.78 is 28.1. The predicted molar refractivity (Wildman–Crippen MR) is 90.9 cm³/mol. The number of anilines is 1. The summed E-state index contributed by atoms with van der Waals surface area (Å²) in [5.74, 6) is 0. The monoisotopic (exact) mass is 421 g/mol. The van der Waals surface area contributed by atoms with Gasteiger partial charge in [-0.1, -0.05) is 11.6 Å². The number of rotatable bonds is 3. The number of sulfonamides is 1. The molecule has 0 radical (unpaired) electrons. The smallest absolute Gasteiger partial charge is 0.261 e. The molecule has 0 bridgehead atoms. The third-order valence-electron chi connectivity index (χ3n) is 2.98. The van der Waals surface area contributed by atoms with Crippen LogP contribution in [0, 0.1) is 17.4 Å². The van der Waals surface area contributed by atoms with Crippen LogP contribution in [0.1, 0.15) is 11.1 Å². The first kappa shape index (κ1) is 15.6. The Hall–Kier alpha value is -0.790. The molecule has 1 N–H and O–H groups in total. The van der Waals surface area contributed by atoms with E-state index < -0.39 is 10.0 Å². The maximum absolute atomic E-state index is 12.3. The summed E-state index contributed by atoms with van der Waals surface area (Å²) in [6.07, 6.45) is 0. The molecule has 106 valence electrons. The lowest BCUT2D eigenvalue weighted by atomic mass is 10.1. The zero-order valence-corrected chi connectivity index (χ0v) is 14.7. The van der Waals surface area contributed by atoms with Gasteiger partial charge >= 0.3 is 0 Å². The maximum atomic E-state index is 12.3. The van der Waals surface area contributed by atoms with Gasteiger partial charge in [0.25, 0.3) is 10.0 Å². The highest BCUT2D eigenvalue weighted by atomic mass is 127. The van der Waals surface area contributed by atoms with Crippen molar-refractivity contribution in [3.8, 4) is 0 Å². The van der Waals surface area contributed by atoms with Gasteiger partial charge in [-0.2, -0.15) is 0 Å². The predicted octanol–water partition coefficient (Wildman–Crippen LogP) is 4.36. The van der Waals surface area contributed by atoms with E-state index in [-0.39, 0.29) is 4.90 Å². The summed E-state index contributed by atoms with van der Waals surface area (Å²) >= 11 is 8.21. The van der Waals surface area contributed by atoms with Crippen molar-refractivity contribution in [2.45, 2.75) is 18.7 Å². The zero-order valence-electron chi connectivity index (χ0n) is 10.9. The van der Waals surface area contributed by atoms with Crippen LogP contribution in [0.2, 0.25) is 5.02 Å². The van der Waals surface area contributed by atoms with Crippen molar-refractivity contribution in [3.05, 3.63) is 56.1 Å². The Bertz CT molecular complexity index is 719. The fourth-order valence-electron chi connectivity index (χ4n) is 1.70. The third kappa shape index (κ3) is 3.45. The van der Waals surface area contributed by atoms with Gasteiger partial charge in [-0.05, 0) is 84.0 Å². The second-order valence-electron chi connectivity index (χ2n) is 4.46. The van der Waals surface area contributed by atoms with Crippen LogP contribution in [0.15, 0.2) is 41.3 Å². The minimum absolute atomic E-state index is 0.229. The van der Waals surface area contributed by atoms with E-state index in [9.17, 15) is 8.42 Å². The van der Waals surface area contributed by atoms with E-state index in [1.165, 1.54) is 0 Å². The second-order valence-corrected chi connectivity index (χ2v) is 7.79. The summed E-state index contributed by atoms with van der Waals surface area (Å²) in [6.45, 7) is 3.79. The number of benzene rings is 2. The van der Waals surface area contributed by atoms with Crippen LogP contribution in [-0.4, -0.2) is 8.42 Å². The third-order valence-corrected chi connectivity index (χ3v) is 5.49. The van der Waals surface area contributed by atoms with Gasteiger partial charge in [0.1, 0.15) is 0 Å². The molecule has 0 amide bonds. The molecule has 2 aromatic rings. The van der Waals surface area contributed by atoms with Crippen molar-refractivity contribution in [3.63, 3.8) is 0 Å². The molecule has 0 aliphatic heterocycles. The first-order valence-corrected chi connectivity index (χ1v) is 8.79. The van der Waals surface area contributed by atoms with E-state index in [1.54, 1.807) is 36.4 Å². The molecule has 0 heterocycles. The standard InChI is InChI=1S/C14H13ClINO2S/c1-9-7-12(8-14(15)10(9)2)17-20(18,19)13-5-3-11(16)4-6-13/h3-8,17H,1-2H3. The summed E-state index contributed by atoms with van der Waals surface area (Å²) in [6, 6.07) is 10.0. The van der Waals surface area contributed by atoms with Crippen molar-refractivity contribution < 1.29 is 8.42 Å². The Labute approximate surface area is 137 Å². The quantitative estimate of drug-likeness (QED) is 0.749. The van der Waals surface area contributed by atoms with E-state index in [0.717, 1.165) is 14.7 Å². The SMILES string of the molecule is Cc1cc(NS(=O)(=O)c2ccc(I)cc2)cc(Cl)c1C. The molecule has 0 aliphatic rings. The Kier molecular flexibility index (Phi) is 4.61. The summed E-state index contributed by atoms with van der Waals surface area (Å²) in [5, 5.41) is 0.547. The lowest BCUT2D eigenvalue weighted by molar-refractivity contribution is 0.601. The highest BCUT2D eigenvalue weighted by molar-refractivity contribution is 14.1. The van der Waals surface area contributed by atoms with Gasteiger partial charge in [0.2, 0.25) is 0 Å². The van der Waals surface area contributed by atoms with Gasteiger partial charge < -0.3 is 0 Å². The molecule has 0 aromatic heterocycles. The van der Waals surface area contributed by atoms with Gasteiger partial charge in [0.05, 0.1) is 10.6 Å². The van der Waals surface area contributed by atoms with Crippen molar-refractivity contribution in [1.29, 1.82) is 0 Å². The molecule has 2 rings (SSSR count). The lowest BCUT2D eigenvalue weighted by Gasteiger charge is -2.11.